The molecule has 126 valence electrons. The zero-order valence-electron chi connectivity index (χ0n) is 12.3. The molecule has 1 saturated heterocycles. The largest absolute Gasteiger partial charge is 0.442 e. The predicted octanol–water partition coefficient (Wildman–Crippen LogP) is 3.22. The van der Waals surface area contributed by atoms with Gasteiger partial charge in [0, 0.05) is 12.3 Å². The number of thioether (sulfide) groups is 1. The number of amidine groups is 1. The molecule has 0 bridgehead atoms. The van der Waals surface area contributed by atoms with Gasteiger partial charge in [0.25, 0.3) is 5.91 Å². The monoisotopic (exact) mass is 372 g/mol. The minimum absolute atomic E-state index is 0.0282. The minimum Gasteiger partial charge on any atom is -0.322 e. The van der Waals surface area contributed by atoms with E-state index in [1.807, 2.05) is 19.1 Å². The second kappa shape index (κ2) is 5.09. The van der Waals surface area contributed by atoms with Crippen LogP contribution in [0.2, 0.25) is 0 Å². The fourth-order valence-electron chi connectivity index (χ4n) is 2.70. The van der Waals surface area contributed by atoms with E-state index in [0.717, 1.165) is 38.3 Å². The van der Waals surface area contributed by atoms with Crippen LogP contribution in [0.25, 0.3) is 10.2 Å². The number of carbonyl (C=O) groups excluding carboxylic acids is 1. The van der Waals surface area contributed by atoms with Crippen LogP contribution in [0.15, 0.2) is 23.2 Å². The van der Waals surface area contributed by atoms with Gasteiger partial charge in [0.2, 0.25) is 0 Å². The van der Waals surface area contributed by atoms with Crippen molar-refractivity contribution in [3.63, 3.8) is 0 Å². The SMILES string of the molecule is Cc1cccc2sc(N[C@@]3(C(F)(F)F)N=C4SCCN4C3=O)nc12. The van der Waals surface area contributed by atoms with Crippen LogP contribution in [0.5, 0.6) is 0 Å². The summed E-state index contributed by atoms with van der Waals surface area (Å²) in [7, 11) is 0. The van der Waals surface area contributed by atoms with E-state index in [1.165, 1.54) is 0 Å². The Morgan fingerprint density at radius 3 is 2.83 bits per heavy atom. The highest BCUT2D eigenvalue weighted by Crippen LogP contribution is 2.44. The quantitative estimate of drug-likeness (QED) is 0.880. The molecule has 5 nitrogen and oxygen atoms in total. The van der Waals surface area contributed by atoms with E-state index in [-0.39, 0.29) is 16.8 Å². The summed E-state index contributed by atoms with van der Waals surface area (Å²) in [4.78, 5) is 21.5. The molecule has 24 heavy (non-hydrogen) atoms. The normalized spacial score (nSPS) is 23.8. The van der Waals surface area contributed by atoms with Gasteiger partial charge >= 0.3 is 11.8 Å². The van der Waals surface area contributed by atoms with Gasteiger partial charge in [-0.3, -0.25) is 9.69 Å². The van der Waals surface area contributed by atoms with E-state index in [4.69, 9.17) is 0 Å². The lowest BCUT2D eigenvalue weighted by atomic mass is 10.1. The number of aromatic nitrogens is 1. The molecule has 1 amide bonds. The maximum Gasteiger partial charge on any atom is 0.442 e. The average molecular weight is 372 g/mol. The van der Waals surface area contributed by atoms with Crippen molar-refractivity contribution in [2.45, 2.75) is 18.8 Å². The van der Waals surface area contributed by atoms with E-state index < -0.39 is 17.7 Å². The van der Waals surface area contributed by atoms with Crippen molar-refractivity contribution in [2.75, 3.05) is 17.6 Å². The maximum atomic E-state index is 13.7. The number of nitrogens with one attached hydrogen (secondary N) is 1. The summed E-state index contributed by atoms with van der Waals surface area (Å²) in [5, 5.41) is 2.42. The maximum absolute atomic E-state index is 13.7. The standard InChI is InChI=1S/C14H11F3N4OS2/c1-7-3-2-4-8-9(7)18-11(24-8)19-13(14(15,16)17)10(22)21-5-6-23-12(21)20-13/h2-4H,5-6H2,1H3,(H,18,19)/t13-/m1/s1. The van der Waals surface area contributed by atoms with Crippen LogP contribution in [0.4, 0.5) is 18.3 Å². The molecule has 0 unspecified atom stereocenters. The minimum atomic E-state index is -4.87. The molecule has 2 aliphatic heterocycles. The van der Waals surface area contributed by atoms with Crippen molar-refractivity contribution in [2.24, 2.45) is 4.99 Å². The number of benzene rings is 1. The zero-order valence-corrected chi connectivity index (χ0v) is 14.0. The molecule has 1 aromatic heterocycles. The second-order valence-corrected chi connectivity index (χ2v) is 7.57. The third kappa shape index (κ3) is 2.12. The summed E-state index contributed by atoms with van der Waals surface area (Å²) >= 11 is 2.23. The molecule has 4 rings (SSSR count). The van der Waals surface area contributed by atoms with Gasteiger partial charge in [-0.25, -0.2) is 9.98 Å². The fourth-order valence-corrected chi connectivity index (χ4v) is 4.68. The Bertz CT molecular complexity index is 879. The summed E-state index contributed by atoms with van der Waals surface area (Å²) in [5.41, 5.74) is -1.51. The first-order valence-electron chi connectivity index (χ1n) is 7.07. The number of nitrogens with zero attached hydrogens (tertiary/aromatic N) is 3. The van der Waals surface area contributed by atoms with Gasteiger partial charge in [0.1, 0.15) is 0 Å². The van der Waals surface area contributed by atoms with Crippen LogP contribution in [-0.2, 0) is 4.79 Å². The van der Waals surface area contributed by atoms with Crippen molar-refractivity contribution >= 4 is 49.5 Å². The topological polar surface area (TPSA) is 57.6 Å². The van der Waals surface area contributed by atoms with Crippen LogP contribution >= 0.6 is 23.1 Å². The third-order valence-corrected chi connectivity index (χ3v) is 5.81. The summed E-state index contributed by atoms with van der Waals surface area (Å²) in [6.45, 7) is 2.07. The molecule has 2 aliphatic rings. The molecule has 2 aromatic rings. The molecule has 1 aromatic carbocycles. The van der Waals surface area contributed by atoms with Crippen LogP contribution in [0, 0.1) is 6.92 Å². The fraction of sp³-hybridized carbons (Fsp3) is 0.357. The van der Waals surface area contributed by atoms with Gasteiger partial charge in [-0.15, -0.1) is 0 Å². The Hall–Kier alpha value is -1.81. The molecule has 0 spiro atoms. The third-order valence-electron chi connectivity index (χ3n) is 3.91. The lowest BCUT2D eigenvalue weighted by Gasteiger charge is -2.28. The number of rotatable bonds is 2. The van der Waals surface area contributed by atoms with Crippen molar-refractivity contribution in [1.82, 2.24) is 9.88 Å². The number of anilines is 1. The molecule has 0 radical (unpaired) electrons. The summed E-state index contributed by atoms with van der Waals surface area (Å²) in [6.07, 6.45) is -4.87. The van der Waals surface area contributed by atoms with Gasteiger partial charge in [0.05, 0.1) is 10.2 Å². The lowest BCUT2D eigenvalue weighted by molar-refractivity contribution is -0.185. The van der Waals surface area contributed by atoms with E-state index in [1.54, 1.807) is 6.07 Å². The molecule has 1 atom stereocenters. The number of aryl methyl sites for hydroxylation is 1. The number of aliphatic imine (C=N–C) groups is 1. The van der Waals surface area contributed by atoms with Gasteiger partial charge in [0.15, 0.2) is 10.3 Å². The number of alkyl halides is 3. The summed E-state index contributed by atoms with van der Waals surface area (Å²) in [6, 6.07) is 5.42. The van der Waals surface area contributed by atoms with Crippen LogP contribution in [0.1, 0.15) is 5.56 Å². The molecule has 3 heterocycles. The van der Waals surface area contributed by atoms with E-state index in [9.17, 15) is 18.0 Å². The Kier molecular flexibility index (Phi) is 3.33. The predicted molar refractivity (Wildman–Crippen MR) is 88.4 cm³/mol. The van der Waals surface area contributed by atoms with Crippen molar-refractivity contribution in [3.05, 3.63) is 23.8 Å². The Labute approximate surface area is 143 Å². The number of carbonyl (C=O) groups is 1. The highest BCUT2D eigenvalue weighted by atomic mass is 32.2. The van der Waals surface area contributed by atoms with Gasteiger partial charge in [-0.1, -0.05) is 35.2 Å². The number of fused-ring (bicyclic) bond motifs is 2. The molecule has 1 fully saturated rings. The summed E-state index contributed by atoms with van der Waals surface area (Å²) < 4.78 is 42.0. The van der Waals surface area contributed by atoms with Crippen LogP contribution in [-0.4, -0.2) is 45.1 Å². The summed E-state index contributed by atoms with van der Waals surface area (Å²) in [5.74, 6) is -0.537. The number of halogens is 3. The molecule has 1 N–H and O–H groups in total. The van der Waals surface area contributed by atoms with E-state index >= 15 is 0 Å². The lowest BCUT2D eigenvalue weighted by Crippen LogP contribution is -2.57. The zero-order chi connectivity index (χ0) is 17.1. The first-order valence-corrected chi connectivity index (χ1v) is 8.88. The van der Waals surface area contributed by atoms with Crippen molar-refractivity contribution in [1.29, 1.82) is 0 Å². The van der Waals surface area contributed by atoms with Crippen molar-refractivity contribution in [3.8, 4) is 0 Å². The van der Waals surface area contributed by atoms with Crippen LogP contribution in [0.3, 0.4) is 0 Å². The highest BCUT2D eigenvalue weighted by Gasteiger charge is 2.67. The van der Waals surface area contributed by atoms with Crippen LogP contribution < -0.4 is 5.32 Å². The first-order chi connectivity index (χ1) is 11.3. The smallest absolute Gasteiger partial charge is 0.322 e. The number of amides is 1. The van der Waals surface area contributed by atoms with Gasteiger partial charge in [-0.05, 0) is 18.6 Å². The Morgan fingerprint density at radius 1 is 1.38 bits per heavy atom. The number of hydrogen-bond donors (Lipinski definition) is 1. The molecule has 10 heteroatoms. The molecule has 0 saturated carbocycles. The van der Waals surface area contributed by atoms with Crippen molar-refractivity contribution < 1.29 is 18.0 Å². The van der Waals surface area contributed by atoms with E-state index in [2.05, 4.69) is 15.3 Å². The van der Waals surface area contributed by atoms with Gasteiger partial charge < -0.3 is 5.32 Å². The molecule has 0 aliphatic carbocycles. The van der Waals surface area contributed by atoms with Gasteiger partial charge in [-0.2, -0.15) is 13.2 Å². The second-order valence-electron chi connectivity index (χ2n) is 5.47. The molecular weight excluding hydrogens is 361 g/mol. The number of thiazole rings is 1. The van der Waals surface area contributed by atoms with E-state index in [0.29, 0.717) is 11.3 Å². The molecular formula is C14H11F3N4OS2. The average Bonchev–Trinajstić information content (AvgIpc) is 3.16. The Balaban J connectivity index is 1.80. The highest BCUT2D eigenvalue weighted by molar-refractivity contribution is 8.14. The first kappa shape index (κ1) is 15.7. The number of para-hydroxylation sites is 1. The Morgan fingerprint density at radius 2 is 2.17 bits per heavy atom. The number of hydrogen-bond acceptors (Lipinski definition) is 6.